The van der Waals surface area contributed by atoms with E-state index in [1.54, 1.807) is 31.4 Å². The molecule has 0 unspecified atom stereocenters. The lowest BCUT2D eigenvalue weighted by atomic mass is 10.2. The van der Waals surface area contributed by atoms with E-state index >= 15 is 0 Å². The van der Waals surface area contributed by atoms with Crippen molar-refractivity contribution in [2.75, 3.05) is 17.1 Å². The number of hydrogen-bond donors (Lipinski definition) is 2. The van der Waals surface area contributed by atoms with Crippen molar-refractivity contribution in [3.05, 3.63) is 59.0 Å². The van der Waals surface area contributed by atoms with Gasteiger partial charge >= 0.3 is 0 Å². The van der Waals surface area contributed by atoms with Gasteiger partial charge in [-0.25, -0.2) is 8.42 Å². The molecule has 136 valence electrons. The molecule has 7 nitrogen and oxygen atoms in total. The summed E-state index contributed by atoms with van der Waals surface area (Å²) in [5.41, 5.74) is 0.981. The number of benzene rings is 1. The fourth-order valence-electron chi connectivity index (χ4n) is 2.26. The van der Waals surface area contributed by atoms with E-state index in [1.165, 1.54) is 11.3 Å². The maximum absolute atomic E-state index is 12.3. The van der Waals surface area contributed by atoms with E-state index in [0.717, 1.165) is 16.2 Å². The van der Waals surface area contributed by atoms with Crippen LogP contribution >= 0.6 is 11.3 Å². The molecule has 26 heavy (non-hydrogen) atoms. The third-order valence-corrected chi connectivity index (χ3v) is 6.38. The quantitative estimate of drug-likeness (QED) is 0.643. The zero-order chi connectivity index (χ0) is 18.6. The Labute approximate surface area is 156 Å². The summed E-state index contributed by atoms with van der Waals surface area (Å²) in [5, 5.41) is 11.1. The molecule has 2 aromatic heterocycles. The first kappa shape index (κ1) is 18.2. The predicted molar refractivity (Wildman–Crippen MR) is 102 cm³/mol. The SMILES string of the molecule is COc1ccccc1CNc1ccc(NS(=O)(=O)c2ccc(C)s2)nn1. The monoisotopic (exact) mass is 390 g/mol. The molecule has 0 atom stereocenters. The highest BCUT2D eigenvalue weighted by Crippen LogP contribution is 2.23. The largest absolute Gasteiger partial charge is 0.496 e. The number of anilines is 2. The van der Waals surface area contributed by atoms with Crippen LogP contribution in [-0.2, 0) is 16.6 Å². The minimum absolute atomic E-state index is 0.166. The number of hydrogen-bond acceptors (Lipinski definition) is 7. The van der Waals surface area contributed by atoms with E-state index in [2.05, 4.69) is 20.2 Å². The van der Waals surface area contributed by atoms with Gasteiger partial charge in [-0.3, -0.25) is 4.72 Å². The summed E-state index contributed by atoms with van der Waals surface area (Å²) < 4.78 is 32.5. The average Bonchev–Trinajstić information content (AvgIpc) is 3.08. The van der Waals surface area contributed by atoms with Crippen molar-refractivity contribution in [1.82, 2.24) is 10.2 Å². The zero-order valence-electron chi connectivity index (χ0n) is 14.3. The number of thiophene rings is 1. The molecule has 2 N–H and O–H groups in total. The lowest BCUT2D eigenvalue weighted by Crippen LogP contribution is -2.13. The minimum atomic E-state index is -3.64. The number of methoxy groups -OCH3 is 1. The van der Waals surface area contributed by atoms with Gasteiger partial charge in [0.2, 0.25) is 0 Å². The number of sulfonamides is 1. The van der Waals surface area contributed by atoms with E-state index in [9.17, 15) is 8.42 Å². The van der Waals surface area contributed by atoms with E-state index in [0.29, 0.717) is 12.4 Å². The van der Waals surface area contributed by atoms with Crippen molar-refractivity contribution in [1.29, 1.82) is 0 Å². The molecule has 0 fully saturated rings. The fourth-order valence-corrected chi connectivity index (χ4v) is 4.54. The lowest BCUT2D eigenvalue weighted by molar-refractivity contribution is 0.410. The molecule has 0 saturated carbocycles. The van der Waals surface area contributed by atoms with E-state index < -0.39 is 10.0 Å². The first-order chi connectivity index (χ1) is 12.5. The molecule has 0 aliphatic heterocycles. The summed E-state index contributed by atoms with van der Waals surface area (Å²) in [6.07, 6.45) is 0. The molecule has 0 radical (unpaired) electrons. The molecule has 0 aliphatic carbocycles. The fraction of sp³-hybridized carbons (Fsp3) is 0.176. The standard InChI is InChI=1S/C17H18N4O3S2/c1-12-7-10-17(25-12)26(22,23)21-16-9-8-15(19-20-16)18-11-13-5-3-4-6-14(13)24-2/h3-10H,11H2,1-2H3,(H,18,19)(H,20,21). The molecule has 0 amide bonds. The Morgan fingerprint density at radius 3 is 2.42 bits per heavy atom. The topological polar surface area (TPSA) is 93.2 Å². The number of aromatic nitrogens is 2. The van der Waals surface area contributed by atoms with E-state index in [1.807, 2.05) is 31.2 Å². The van der Waals surface area contributed by atoms with E-state index in [4.69, 9.17) is 4.74 Å². The summed E-state index contributed by atoms with van der Waals surface area (Å²) in [6.45, 7) is 2.37. The van der Waals surface area contributed by atoms with Gasteiger partial charge in [0.05, 0.1) is 7.11 Å². The molecule has 0 aliphatic rings. The van der Waals surface area contributed by atoms with Gasteiger partial charge in [-0.05, 0) is 37.3 Å². The Balaban J connectivity index is 1.65. The van der Waals surface area contributed by atoms with Crippen LogP contribution in [0.2, 0.25) is 0 Å². The van der Waals surface area contributed by atoms with Crippen LogP contribution in [0.1, 0.15) is 10.4 Å². The maximum Gasteiger partial charge on any atom is 0.272 e. The highest BCUT2D eigenvalue weighted by atomic mass is 32.2. The Kier molecular flexibility index (Phi) is 5.38. The van der Waals surface area contributed by atoms with Gasteiger partial charge in [0.1, 0.15) is 15.8 Å². The first-order valence-corrected chi connectivity index (χ1v) is 10.1. The van der Waals surface area contributed by atoms with Gasteiger partial charge < -0.3 is 10.1 Å². The van der Waals surface area contributed by atoms with E-state index in [-0.39, 0.29) is 10.0 Å². The van der Waals surface area contributed by atoms with Crippen molar-refractivity contribution in [2.45, 2.75) is 17.7 Å². The van der Waals surface area contributed by atoms with Gasteiger partial charge in [-0.2, -0.15) is 0 Å². The second-order valence-electron chi connectivity index (χ2n) is 5.44. The Morgan fingerprint density at radius 2 is 1.77 bits per heavy atom. The van der Waals surface area contributed by atoms with Crippen LogP contribution in [0.25, 0.3) is 0 Å². The molecule has 3 rings (SSSR count). The first-order valence-electron chi connectivity index (χ1n) is 7.77. The van der Waals surface area contributed by atoms with Gasteiger partial charge in [-0.15, -0.1) is 21.5 Å². The molecule has 2 heterocycles. The zero-order valence-corrected chi connectivity index (χ0v) is 15.9. The molecular formula is C17H18N4O3S2. The summed E-state index contributed by atoms with van der Waals surface area (Å²) in [4.78, 5) is 0.923. The van der Waals surface area contributed by atoms with Gasteiger partial charge in [0, 0.05) is 17.0 Å². The minimum Gasteiger partial charge on any atom is -0.496 e. The number of ether oxygens (including phenoxy) is 1. The van der Waals surface area contributed by atoms with Crippen molar-refractivity contribution in [2.24, 2.45) is 0 Å². The third kappa shape index (κ3) is 4.30. The summed E-state index contributed by atoms with van der Waals surface area (Å²) in [7, 11) is -2.02. The van der Waals surface area contributed by atoms with Crippen molar-refractivity contribution in [3.8, 4) is 5.75 Å². The molecule has 0 saturated heterocycles. The van der Waals surface area contributed by atoms with Crippen LogP contribution in [0, 0.1) is 6.92 Å². The predicted octanol–water partition coefficient (Wildman–Crippen LogP) is 3.27. The molecule has 1 aromatic carbocycles. The average molecular weight is 390 g/mol. The Hall–Kier alpha value is -2.65. The Bertz CT molecular complexity index is 985. The van der Waals surface area contributed by atoms with Crippen molar-refractivity contribution in [3.63, 3.8) is 0 Å². The van der Waals surface area contributed by atoms with Crippen LogP contribution < -0.4 is 14.8 Å². The van der Waals surface area contributed by atoms with Crippen LogP contribution in [0.15, 0.2) is 52.7 Å². The molecule has 0 spiro atoms. The second-order valence-corrected chi connectivity index (χ2v) is 8.64. The summed E-state index contributed by atoms with van der Waals surface area (Å²) in [5.74, 6) is 1.48. The van der Waals surface area contributed by atoms with Gasteiger partial charge in [-0.1, -0.05) is 18.2 Å². The lowest BCUT2D eigenvalue weighted by Gasteiger charge is -2.10. The van der Waals surface area contributed by atoms with Gasteiger partial charge in [0.25, 0.3) is 10.0 Å². The second kappa shape index (κ2) is 7.71. The number of aryl methyl sites for hydroxylation is 1. The molecular weight excluding hydrogens is 372 g/mol. The third-order valence-electron chi connectivity index (χ3n) is 3.54. The normalized spacial score (nSPS) is 11.2. The van der Waals surface area contributed by atoms with Crippen molar-refractivity contribution < 1.29 is 13.2 Å². The Morgan fingerprint density at radius 1 is 1.04 bits per heavy atom. The number of para-hydroxylation sites is 1. The summed E-state index contributed by atoms with van der Waals surface area (Å²) >= 11 is 1.20. The maximum atomic E-state index is 12.3. The molecule has 0 bridgehead atoms. The van der Waals surface area contributed by atoms with Crippen LogP contribution in [0.3, 0.4) is 0 Å². The number of nitrogens with one attached hydrogen (secondary N) is 2. The molecule has 9 heteroatoms. The van der Waals surface area contributed by atoms with Crippen LogP contribution in [0.5, 0.6) is 5.75 Å². The smallest absolute Gasteiger partial charge is 0.272 e. The van der Waals surface area contributed by atoms with Crippen molar-refractivity contribution >= 4 is 33.0 Å². The van der Waals surface area contributed by atoms with Crippen LogP contribution in [-0.4, -0.2) is 25.7 Å². The molecule has 3 aromatic rings. The van der Waals surface area contributed by atoms with Gasteiger partial charge in [0.15, 0.2) is 5.82 Å². The number of nitrogens with zero attached hydrogens (tertiary/aromatic N) is 2. The van der Waals surface area contributed by atoms with Crippen LogP contribution in [0.4, 0.5) is 11.6 Å². The summed E-state index contributed by atoms with van der Waals surface area (Å²) in [6, 6.07) is 14.2. The number of rotatable bonds is 7. The highest BCUT2D eigenvalue weighted by molar-refractivity contribution is 7.94. The highest BCUT2D eigenvalue weighted by Gasteiger charge is 2.17.